The summed E-state index contributed by atoms with van der Waals surface area (Å²) in [5.74, 6) is -1.54. The predicted molar refractivity (Wildman–Crippen MR) is 45.2 cm³/mol. The SMILES string of the molecule is CCC(N(C)C)C(O)(O)CC. The molecule has 3 heteroatoms. The van der Waals surface area contributed by atoms with Crippen LogP contribution < -0.4 is 0 Å². The fraction of sp³-hybridized carbons (Fsp3) is 1.00. The van der Waals surface area contributed by atoms with E-state index in [4.69, 9.17) is 0 Å². The zero-order valence-corrected chi connectivity index (χ0v) is 7.83. The molecule has 0 bridgehead atoms. The van der Waals surface area contributed by atoms with Crippen LogP contribution in [0.1, 0.15) is 26.7 Å². The number of nitrogens with zero attached hydrogens (tertiary/aromatic N) is 1. The molecule has 0 aromatic carbocycles. The van der Waals surface area contributed by atoms with Gasteiger partial charge in [0.15, 0.2) is 5.79 Å². The van der Waals surface area contributed by atoms with Crippen molar-refractivity contribution in [3.05, 3.63) is 0 Å². The average Bonchev–Trinajstić information content (AvgIpc) is 1.88. The Labute approximate surface area is 68.6 Å². The largest absolute Gasteiger partial charge is 0.364 e. The third-order valence-corrected chi connectivity index (χ3v) is 2.06. The van der Waals surface area contributed by atoms with E-state index >= 15 is 0 Å². The van der Waals surface area contributed by atoms with Crippen molar-refractivity contribution in [2.24, 2.45) is 0 Å². The second-order valence-electron chi connectivity index (χ2n) is 3.12. The molecule has 1 atom stereocenters. The fourth-order valence-electron chi connectivity index (χ4n) is 1.34. The summed E-state index contributed by atoms with van der Waals surface area (Å²) in [6, 6.07) is -0.174. The maximum atomic E-state index is 9.47. The van der Waals surface area contributed by atoms with Gasteiger partial charge in [0.05, 0.1) is 6.04 Å². The van der Waals surface area contributed by atoms with Gasteiger partial charge in [-0.3, -0.25) is 0 Å². The molecule has 0 spiro atoms. The van der Waals surface area contributed by atoms with Crippen LogP contribution in [-0.4, -0.2) is 41.0 Å². The summed E-state index contributed by atoms with van der Waals surface area (Å²) < 4.78 is 0. The van der Waals surface area contributed by atoms with Crippen molar-refractivity contribution < 1.29 is 10.2 Å². The molecule has 1 unspecified atom stereocenters. The third-order valence-electron chi connectivity index (χ3n) is 2.06. The molecule has 0 heterocycles. The number of hydrogen-bond donors (Lipinski definition) is 2. The average molecular weight is 161 g/mol. The molecule has 0 aliphatic rings. The van der Waals surface area contributed by atoms with Crippen molar-refractivity contribution >= 4 is 0 Å². The van der Waals surface area contributed by atoms with E-state index in [-0.39, 0.29) is 6.04 Å². The van der Waals surface area contributed by atoms with Crippen LogP contribution in [0.5, 0.6) is 0 Å². The molecule has 0 aromatic heterocycles. The number of rotatable bonds is 4. The molecule has 68 valence electrons. The summed E-state index contributed by atoms with van der Waals surface area (Å²) in [5, 5.41) is 18.9. The minimum atomic E-state index is -1.54. The summed E-state index contributed by atoms with van der Waals surface area (Å²) in [7, 11) is 3.70. The maximum Gasteiger partial charge on any atom is 0.178 e. The standard InChI is InChI=1S/C8H19NO2/c1-5-7(9(3)4)8(10,11)6-2/h7,10-11H,5-6H2,1-4H3. The summed E-state index contributed by atoms with van der Waals surface area (Å²) in [6.45, 7) is 3.72. The second-order valence-corrected chi connectivity index (χ2v) is 3.12. The highest BCUT2D eigenvalue weighted by Crippen LogP contribution is 2.17. The fourth-order valence-corrected chi connectivity index (χ4v) is 1.34. The van der Waals surface area contributed by atoms with Gasteiger partial charge in [-0.05, 0) is 26.9 Å². The van der Waals surface area contributed by atoms with E-state index in [0.717, 1.165) is 6.42 Å². The first-order chi connectivity index (χ1) is 4.95. The Morgan fingerprint density at radius 2 is 1.73 bits per heavy atom. The van der Waals surface area contributed by atoms with Crippen LogP contribution in [0.3, 0.4) is 0 Å². The van der Waals surface area contributed by atoms with Crippen LogP contribution in [0.2, 0.25) is 0 Å². The van der Waals surface area contributed by atoms with Crippen molar-refractivity contribution in [3.63, 3.8) is 0 Å². The lowest BCUT2D eigenvalue weighted by molar-refractivity contribution is -0.203. The first-order valence-corrected chi connectivity index (χ1v) is 4.06. The van der Waals surface area contributed by atoms with Crippen LogP contribution in [-0.2, 0) is 0 Å². The topological polar surface area (TPSA) is 43.7 Å². The third kappa shape index (κ3) is 2.77. The van der Waals surface area contributed by atoms with E-state index in [1.807, 2.05) is 25.9 Å². The van der Waals surface area contributed by atoms with Crippen LogP contribution in [0.25, 0.3) is 0 Å². The number of aliphatic hydroxyl groups is 2. The minimum absolute atomic E-state index is 0.174. The number of hydrogen-bond acceptors (Lipinski definition) is 3. The van der Waals surface area contributed by atoms with E-state index < -0.39 is 5.79 Å². The Balaban J connectivity index is 4.23. The Morgan fingerprint density at radius 3 is 1.82 bits per heavy atom. The minimum Gasteiger partial charge on any atom is -0.364 e. The van der Waals surface area contributed by atoms with Crippen LogP contribution in [0.15, 0.2) is 0 Å². The highest BCUT2D eigenvalue weighted by atomic mass is 16.5. The lowest BCUT2D eigenvalue weighted by Crippen LogP contribution is -2.49. The first kappa shape index (κ1) is 10.9. The van der Waals surface area contributed by atoms with Gasteiger partial charge in [0.25, 0.3) is 0 Å². The van der Waals surface area contributed by atoms with E-state index in [1.54, 1.807) is 6.92 Å². The quantitative estimate of drug-likeness (QED) is 0.587. The molecule has 0 aliphatic carbocycles. The molecule has 11 heavy (non-hydrogen) atoms. The molecule has 0 aliphatic heterocycles. The van der Waals surface area contributed by atoms with Crippen LogP contribution in [0.4, 0.5) is 0 Å². The summed E-state index contributed by atoms with van der Waals surface area (Å²) in [6.07, 6.45) is 1.11. The van der Waals surface area contributed by atoms with Crippen molar-refractivity contribution in [2.75, 3.05) is 14.1 Å². The summed E-state index contributed by atoms with van der Waals surface area (Å²) in [5.41, 5.74) is 0. The molecule has 0 amide bonds. The Kier molecular flexibility index (Phi) is 4.00. The van der Waals surface area contributed by atoms with Gasteiger partial charge in [0.1, 0.15) is 0 Å². The van der Waals surface area contributed by atoms with Gasteiger partial charge in [-0.1, -0.05) is 13.8 Å². The monoisotopic (exact) mass is 161 g/mol. The van der Waals surface area contributed by atoms with Gasteiger partial charge < -0.3 is 15.1 Å². The molecule has 3 nitrogen and oxygen atoms in total. The second kappa shape index (κ2) is 4.04. The molecule has 0 radical (unpaired) electrons. The molecule has 0 aromatic rings. The van der Waals surface area contributed by atoms with E-state index in [2.05, 4.69) is 0 Å². The maximum absolute atomic E-state index is 9.47. The number of likely N-dealkylation sites (N-methyl/N-ethyl adjacent to an activating group) is 1. The van der Waals surface area contributed by atoms with Gasteiger partial charge in [0, 0.05) is 0 Å². The Hall–Kier alpha value is -0.120. The Bertz CT molecular complexity index is 113. The van der Waals surface area contributed by atoms with Gasteiger partial charge in [-0.15, -0.1) is 0 Å². The van der Waals surface area contributed by atoms with Crippen LogP contribution >= 0.6 is 0 Å². The Morgan fingerprint density at radius 1 is 1.27 bits per heavy atom. The smallest absolute Gasteiger partial charge is 0.178 e. The van der Waals surface area contributed by atoms with Crippen molar-refractivity contribution in [1.29, 1.82) is 0 Å². The molecule has 0 fully saturated rings. The highest BCUT2D eigenvalue weighted by Gasteiger charge is 2.32. The predicted octanol–water partition coefficient (Wildman–Crippen LogP) is 0.417. The molecule has 2 N–H and O–H groups in total. The normalized spacial score (nSPS) is 15.5. The van der Waals surface area contributed by atoms with E-state index in [1.165, 1.54) is 0 Å². The summed E-state index contributed by atoms with van der Waals surface area (Å²) in [4.78, 5) is 1.84. The van der Waals surface area contributed by atoms with E-state index in [9.17, 15) is 10.2 Å². The van der Waals surface area contributed by atoms with Crippen LogP contribution in [0, 0.1) is 0 Å². The van der Waals surface area contributed by atoms with E-state index in [0.29, 0.717) is 6.42 Å². The molecule has 0 saturated heterocycles. The van der Waals surface area contributed by atoms with Crippen molar-refractivity contribution in [3.8, 4) is 0 Å². The first-order valence-electron chi connectivity index (χ1n) is 4.06. The lowest BCUT2D eigenvalue weighted by atomic mass is 10.0. The molecular formula is C8H19NO2. The lowest BCUT2D eigenvalue weighted by Gasteiger charge is -2.34. The van der Waals surface area contributed by atoms with Gasteiger partial charge in [-0.2, -0.15) is 0 Å². The molecule has 0 rings (SSSR count). The summed E-state index contributed by atoms with van der Waals surface area (Å²) >= 11 is 0. The zero-order chi connectivity index (χ0) is 9.07. The van der Waals surface area contributed by atoms with Crippen molar-refractivity contribution in [2.45, 2.75) is 38.5 Å². The zero-order valence-electron chi connectivity index (χ0n) is 7.83. The van der Waals surface area contributed by atoms with Gasteiger partial charge >= 0.3 is 0 Å². The van der Waals surface area contributed by atoms with Gasteiger partial charge in [0.2, 0.25) is 0 Å². The highest BCUT2D eigenvalue weighted by molar-refractivity contribution is 4.79. The van der Waals surface area contributed by atoms with Gasteiger partial charge in [-0.25, -0.2) is 0 Å². The molecule has 0 saturated carbocycles. The molecular weight excluding hydrogens is 142 g/mol. The van der Waals surface area contributed by atoms with Crippen molar-refractivity contribution in [1.82, 2.24) is 4.90 Å².